The lowest BCUT2D eigenvalue weighted by Crippen LogP contribution is -2.36. The molecule has 0 spiro atoms. The van der Waals surface area contributed by atoms with Crippen molar-refractivity contribution in [3.8, 4) is 0 Å². The molecule has 148 valence electrons. The molecule has 1 N–H and O–H groups in total. The molecule has 7 nitrogen and oxygen atoms in total. The number of nitrogens with zero attached hydrogens (tertiary/aromatic N) is 5. The van der Waals surface area contributed by atoms with Crippen molar-refractivity contribution in [2.45, 2.75) is 38.8 Å². The molecular formula is C20H26N6OS. The second kappa shape index (κ2) is 8.14. The molecule has 0 amide bonds. The largest absolute Gasteiger partial charge is 0.379 e. The molecule has 28 heavy (non-hydrogen) atoms. The van der Waals surface area contributed by atoms with Crippen molar-refractivity contribution in [1.29, 1.82) is 0 Å². The molecule has 0 aromatic carbocycles. The Bertz CT molecular complexity index is 932. The van der Waals surface area contributed by atoms with Crippen LogP contribution in [0.25, 0.3) is 10.2 Å². The van der Waals surface area contributed by atoms with E-state index in [1.54, 1.807) is 0 Å². The normalized spacial score (nSPS) is 17.7. The van der Waals surface area contributed by atoms with Crippen LogP contribution in [0.3, 0.4) is 0 Å². The topological polar surface area (TPSA) is 68.1 Å². The molecule has 4 heterocycles. The molecule has 0 atom stereocenters. The molecular weight excluding hydrogens is 372 g/mol. The highest BCUT2D eigenvalue weighted by atomic mass is 32.1. The third kappa shape index (κ3) is 3.76. The number of thiophene rings is 1. The summed E-state index contributed by atoms with van der Waals surface area (Å²) in [7, 11) is 0. The fourth-order valence-electron chi connectivity index (χ4n) is 4.08. The van der Waals surface area contributed by atoms with E-state index in [9.17, 15) is 0 Å². The van der Waals surface area contributed by atoms with Crippen molar-refractivity contribution in [1.82, 2.24) is 24.6 Å². The van der Waals surface area contributed by atoms with Gasteiger partial charge in [-0.1, -0.05) is 0 Å². The average Bonchev–Trinajstić information content (AvgIpc) is 3.36. The van der Waals surface area contributed by atoms with E-state index >= 15 is 0 Å². The van der Waals surface area contributed by atoms with Crippen LogP contribution in [0, 0.1) is 0 Å². The van der Waals surface area contributed by atoms with Gasteiger partial charge in [0.05, 0.1) is 31.7 Å². The maximum atomic E-state index is 5.47. The molecule has 8 heteroatoms. The second-order valence-electron chi connectivity index (χ2n) is 7.46. The maximum Gasteiger partial charge on any atom is 0.146 e. The summed E-state index contributed by atoms with van der Waals surface area (Å²) in [5.41, 5.74) is 1.48. The second-order valence-corrected chi connectivity index (χ2v) is 8.55. The summed E-state index contributed by atoms with van der Waals surface area (Å²) in [4.78, 5) is 15.0. The number of nitrogens with one attached hydrogen (secondary N) is 1. The molecule has 0 unspecified atom stereocenters. The monoisotopic (exact) mass is 398 g/mol. The quantitative estimate of drug-likeness (QED) is 0.689. The Morgan fingerprint density at radius 1 is 1.14 bits per heavy atom. The smallest absolute Gasteiger partial charge is 0.146 e. The molecule has 3 aromatic heterocycles. The fourth-order valence-corrected chi connectivity index (χ4v) is 5.36. The van der Waals surface area contributed by atoms with Gasteiger partial charge in [-0.3, -0.25) is 9.58 Å². The predicted molar refractivity (Wildman–Crippen MR) is 111 cm³/mol. The van der Waals surface area contributed by atoms with Gasteiger partial charge in [0.2, 0.25) is 0 Å². The minimum absolute atomic E-state index is 0.787. The SMILES string of the molecule is c1cnn(CCNc2nc(CN3CCOCC3)nc3sc4c(c23)CCCC4)c1. The van der Waals surface area contributed by atoms with Gasteiger partial charge in [-0.05, 0) is 37.3 Å². The molecule has 1 aliphatic heterocycles. The van der Waals surface area contributed by atoms with Gasteiger partial charge < -0.3 is 10.1 Å². The molecule has 0 radical (unpaired) electrons. The highest BCUT2D eigenvalue weighted by Gasteiger charge is 2.22. The van der Waals surface area contributed by atoms with Gasteiger partial charge in [-0.15, -0.1) is 11.3 Å². The highest BCUT2D eigenvalue weighted by molar-refractivity contribution is 7.19. The van der Waals surface area contributed by atoms with Crippen molar-refractivity contribution in [2.75, 3.05) is 38.2 Å². The van der Waals surface area contributed by atoms with Crippen LogP contribution in [0.15, 0.2) is 18.5 Å². The first-order valence-corrected chi connectivity index (χ1v) is 11.0. The molecule has 1 saturated heterocycles. The molecule has 0 saturated carbocycles. The summed E-state index contributed by atoms with van der Waals surface area (Å²) in [5, 5.41) is 9.14. The summed E-state index contributed by atoms with van der Waals surface area (Å²) in [6.45, 7) is 5.90. The Balaban J connectivity index is 1.43. The van der Waals surface area contributed by atoms with Gasteiger partial charge in [-0.2, -0.15) is 5.10 Å². The van der Waals surface area contributed by atoms with E-state index in [0.29, 0.717) is 0 Å². The first kappa shape index (κ1) is 18.0. The molecule has 5 rings (SSSR count). The number of aromatic nitrogens is 4. The van der Waals surface area contributed by atoms with E-state index in [1.165, 1.54) is 35.1 Å². The summed E-state index contributed by atoms with van der Waals surface area (Å²) in [6, 6.07) is 1.96. The van der Waals surface area contributed by atoms with Crippen LogP contribution in [0.4, 0.5) is 5.82 Å². The van der Waals surface area contributed by atoms with Crippen LogP contribution in [-0.4, -0.2) is 57.5 Å². The number of aryl methyl sites for hydroxylation is 2. The Kier molecular flexibility index (Phi) is 5.24. The van der Waals surface area contributed by atoms with Crippen molar-refractivity contribution >= 4 is 27.4 Å². The Morgan fingerprint density at radius 2 is 2.04 bits per heavy atom. The van der Waals surface area contributed by atoms with Crippen LogP contribution in [0.5, 0.6) is 0 Å². The van der Waals surface area contributed by atoms with Crippen LogP contribution in [0.1, 0.15) is 29.1 Å². The number of morpholine rings is 1. The van der Waals surface area contributed by atoms with Crippen molar-refractivity contribution < 1.29 is 4.74 Å². The van der Waals surface area contributed by atoms with E-state index in [0.717, 1.165) is 68.8 Å². The van der Waals surface area contributed by atoms with E-state index < -0.39 is 0 Å². The number of hydrogen-bond acceptors (Lipinski definition) is 7. The third-order valence-electron chi connectivity index (χ3n) is 5.52. The molecule has 1 fully saturated rings. The zero-order chi connectivity index (χ0) is 18.8. The van der Waals surface area contributed by atoms with Gasteiger partial charge in [0.25, 0.3) is 0 Å². The first-order chi connectivity index (χ1) is 13.9. The zero-order valence-corrected chi connectivity index (χ0v) is 16.9. The van der Waals surface area contributed by atoms with Gasteiger partial charge in [0.15, 0.2) is 0 Å². The van der Waals surface area contributed by atoms with Gasteiger partial charge in [-0.25, -0.2) is 9.97 Å². The van der Waals surface area contributed by atoms with Gasteiger partial charge in [0.1, 0.15) is 16.5 Å². The highest BCUT2D eigenvalue weighted by Crippen LogP contribution is 2.38. The lowest BCUT2D eigenvalue weighted by atomic mass is 9.97. The van der Waals surface area contributed by atoms with Crippen LogP contribution in [0.2, 0.25) is 0 Å². The molecule has 0 bridgehead atoms. The summed E-state index contributed by atoms with van der Waals surface area (Å²) < 4.78 is 7.42. The number of fused-ring (bicyclic) bond motifs is 3. The standard InChI is InChI=1S/C20H26N6OS/c1-2-5-16-15(4-1)18-19(21-7-9-26-8-3-6-22-26)23-17(24-20(18)28-16)14-25-10-12-27-13-11-25/h3,6,8H,1-2,4-5,7,9-14H2,(H,21,23,24). The zero-order valence-electron chi connectivity index (χ0n) is 16.1. The van der Waals surface area contributed by atoms with Crippen LogP contribution >= 0.6 is 11.3 Å². The first-order valence-electron chi connectivity index (χ1n) is 10.2. The Labute approximate surface area is 168 Å². The van der Waals surface area contributed by atoms with Crippen LogP contribution < -0.4 is 5.32 Å². The summed E-state index contributed by atoms with van der Waals surface area (Å²) in [6.07, 6.45) is 8.69. The Morgan fingerprint density at radius 3 is 2.89 bits per heavy atom. The predicted octanol–water partition coefficient (Wildman–Crippen LogP) is 2.71. The molecule has 2 aliphatic rings. The van der Waals surface area contributed by atoms with E-state index in [4.69, 9.17) is 14.7 Å². The average molecular weight is 399 g/mol. The minimum Gasteiger partial charge on any atom is -0.379 e. The van der Waals surface area contributed by atoms with E-state index in [-0.39, 0.29) is 0 Å². The number of rotatable bonds is 6. The molecule has 1 aliphatic carbocycles. The van der Waals surface area contributed by atoms with E-state index in [2.05, 4.69) is 15.3 Å². The number of ether oxygens (including phenoxy) is 1. The minimum atomic E-state index is 0.787. The molecule has 3 aromatic rings. The number of hydrogen-bond donors (Lipinski definition) is 1. The summed E-state index contributed by atoms with van der Waals surface area (Å²) >= 11 is 1.87. The van der Waals surface area contributed by atoms with E-state index in [1.807, 2.05) is 34.5 Å². The lowest BCUT2D eigenvalue weighted by Gasteiger charge is -2.25. The van der Waals surface area contributed by atoms with Crippen molar-refractivity contribution in [3.63, 3.8) is 0 Å². The fraction of sp³-hybridized carbons (Fsp3) is 0.550. The van der Waals surface area contributed by atoms with Crippen LogP contribution in [-0.2, 0) is 30.7 Å². The summed E-state index contributed by atoms with van der Waals surface area (Å²) in [5.74, 6) is 1.91. The Hall–Kier alpha value is -2.03. The number of anilines is 1. The van der Waals surface area contributed by atoms with Gasteiger partial charge >= 0.3 is 0 Å². The van der Waals surface area contributed by atoms with Crippen molar-refractivity contribution in [3.05, 3.63) is 34.7 Å². The maximum absolute atomic E-state index is 5.47. The van der Waals surface area contributed by atoms with Crippen molar-refractivity contribution in [2.24, 2.45) is 0 Å². The third-order valence-corrected chi connectivity index (χ3v) is 6.71. The van der Waals surface area contributed by atoms with Gasteiger partial charge in [0, 0.05) is 36.9 Å². The lowest BCUT2D eigenvalue weighted by molar-refractivity contribution is 0.0331.